The van der Waals surface area contributed by atoms with Crippen molar-refractivity contribution in [2.24, 2.45) is 0 Å². The van der Waals surface area contributed by atoms with Crippen molar-refractivity contribution in [2.75, 3.05) is 7.11 Å². The number of nitriles is 1. The van der Waals surface area contributed by atoms with E-state index >= 15 is 0 Å². The average molecular weight is 297 g/mol. The number of benzene rings is 2. The summed E-state index contributed by atoms with van der Waals surface area (Å²) < 4.78 is 10.2. The Balaban J connectivity index is 0.00000116. The standard InChI is InChI=1S/C16H13NO3.C2H6/c1-19-16(18)14-6-8-15(9-7-14)20-11-13-4-2-12(10-17)3-5-13;1-2/h2-9H,11H2,1H3;1-2H3. The number of methoxy groups -OCH3 is 1. The van der Waals surface area contributed by atoms with E-state index in [4.69, 9.17) is 10.00 Å². The van der Waals surface area contributed by atoms with Crippen molar-refractivity contribution in [1.82, 2.24) is 0 Å². The van der Waals surface area contributed by atoms with Gasteiger partial charge in [-0.25, -0.2) is 4.79 Å². The summed E-state index contributed by atoms with van der Waals surface area (Å²) in [5, 5.41) is 8.71. The maximum Gasteiger partial charge on any atom is 0.337 e. The van der Waals surface area contributed by atoms with Gasteiger partial charge in [-0.15, -0.1) is 0 Å². The Bertz CT molecular complexity index is 625. The first-order chi connectivity index (χ1) is 10.7. The van der Waals surface area contributed by atoms with Crippen LogP contribution < -0.4 is 4.74 Å². The lowest BCUT2D eigenvalue weighted by molar-refractivity contribution is 0.0600. The summed E-state index contributed by atoms with van der Waals surface area (Å²) in [4.78, 5) is 11.3. The lowest BCUT2D eigenvalue weighted by Crippen LogP contribution is -2.01. The van der Waals surface area contributed by atoms with E-state index in [9.17, 15) is 4.79 Å². The second-order valence-electron chi connectivity index (χ2n) is 4.11. The molecule has 0 fully saturated rings. The van der Waals surface area contributed by atoms with Crippen molar-refractivity contribution in [3.8, 4) is 11.8 Å². The molecule has 0 heterocycles. The molecule has 0 unspecified atom stereocenters. The molecule has 114 valence electrons. The van der Waals surface area contributed by atoms with Gasteiger partial charge in [-0.2, -0.15) is 5.26 Å². The Morgan fingerprint density at radius 1 is 1.05 bits per heavy atom. The number of hydrogen-bond acceptors (Lipinski definition) is 4. The van der Waals surface area contributed by atoms with Crippen LogP contribution >= 0.6 is 0 Å². The van der Waals surface area contributed by atoms with Gasteiger partial charge in [0.15, 0.2) is 0 Å². The van der Waals surface area contributed by atoms with Gasteiger partial charge in [0.1, 0.15) is 12.4 Å². The number of carbonyl (C=O) groups is 1. The Hall–Kier alpha value is -2.80. The fourth-order valence-electron chi connectivity index (χ4n) is 1.65. The van der Waals surface area contributed by atoms with Crippen LogP contribution in [0.1, 0.15) is 35.3 Å². The van der Waals surface area contributed by atoms with Crippen molar-refractivity contribution in [1.29, 1.82) is 5.26 Å². The highest BCUT2D eigenvalue weighted by molar-refractivity contribution is 5.89. The number of carbonyl (C=O) groups excluding carboxylic acids is 1. The minimum absolute atomic E-state index is 0.372. The monoisotopic (exact) mass is 297 g/mol. The summed E-state index contributed by atoms with van der Waals surface area (Å²) in [7, 11) is 1.34. The number of nitrogens with zero attached hydrogens (tertiary/aromatic N) is 1. The second-order valence-corrected chi connectivity index (χ2v) is 4.11. The van der Waals surface area contributed by atoms with Crippen LogP contribution in [0.5, 0.6) is 5.75 Å². The zero-order chi connectivity index (χ0) is 16.4. The van der Waals surface area contributed by atoms with Gasteiger partial charge in [0, 0.05) is 0 Å². The molecule has 0 saturated heterocycles. The van der Waals surface area contributed by atoms with Gasteiger partial charge in [-0.1, -0.05) is 26.0 Å². The van der Waals surface area contributed by atoms with Crippen LogP contribution in [-0.4, -0.2) is 13.1 Å². The Kier molecular flexibility index (Phi) is 7.21. The van der Waals surface area contributed by atoms with Crippen LogP contribution in [0.25, 0.3) is 0 Å². The topological polar surface area (TPSA) is 59.3 Å². The summed E-state index contributed by atoms with van der Waals surface area (Å²) in [6, 6.07) is 16.0. The van der Waals surface area contributed by atoms with E-state index < -0.39 is 0 Å². The SMILES string of the molecule is CC.COC(=O)c1ccc(OCc2ccc(C#N)cc2)cc1. The first kappa shape index (κ1) is 17.3. The zero-order valence-electron chi connectivity index (χ0n) is 13.0. The summed E-state index contributed by atoms with van der Waals surface area (Å²) in [5.74, 6) is 0.297. The van der Waals surface area contributed by atoms with Crippen LogP contribution in [0.3, 0.4) is 0 Å². The number of rotatable bonds is 4. The first-order valence-electron chi connectivity index (χ1n) is 7.03. The van der Waals surface area contributed by atoms with E-state index in [-0.39, 0.29) is 5.97 Å². The van der Waals surface area contributed by atoms with Crippen molar-refractivity contribution in [3.05, 3.63) is 65.2 Å². The maximum absolute atomic E-state index is 11.3. The van der Waals surface area contributed by atoms with Crippen molar-refractivity contribution < 1.29 is 14.3 Å². The normalized spacial score (nSPS) is 9.00. The molecule has 0 amide bonds. The van der Waals surface area contributed by atoms with E-state index in [0.717, 1.165) is 5.56 Å². The fraction of sp³-hybridized carbons (Fsp3) is 0.222. The zero-order valence-corrected chi connectivity index (χ0v) is 13.0. The van der Waals surface area contributed by atoms with E-state index in [1.54, 1.807) is 36.4 Å². The van der Waals surface area contributed by atoms with E-state index in [1.165, 1.54) is 7.11 Å². The van der Waals surface area contributed by atoms with Crippen molar-refractivity contribution in [3.63, 3.8) is 0 Å². The minimum Gasteiger partial charge on any atom is -0.489 e. The highest BCUT2D eigenvalue weighted by Gasteiger charge is 2.04. The van der Waals surface area contributed by atoms with Crippen LogP contribution in [0, 0.1) is 11.3 Å². The third-order valence-corrected chi connectivity index (χ3v) is 2.76. The Morgan fingerprint density at radius 3 is 2.14 bits per heavy atom. The molecule has 4 nitrogen and oxygen atoms in total. The lowest BCUT2D eigenvalue weighted by atomic mass is 10.1. The quantitative estimate of drug-likeness (QED) is 0.802. The van der Waals surface area contributed by atoms with E-state index in [2.05, 4.69) is 10.8 Å². The van der Waals surface area contributed by atoms with Crippen molar-refractivity contribution in [2.45, 2.75) is 20.5 Å². The molecular weight excluding hydrogens is 278 g/mol. The third-order valence-electron chi connectivity index (χ3n) is 2.76. The van der Waals surface area contributed by atoms with Gasteiger partial charge in [0.05, 0.1) is 24.3 Å². The van der Waals surface area contributed by atoms with Crippen LogP contribution in [0.15, 0.2) is 48.5 Å². The predicted molar refractivity (Wildman–Crippen MR) is 84.6 cm³/mol. The highest BCUT2D eigenvalue weighted by atomic mass is 16.5. The second kappa shape index (κ2) is 9.19. The van der Waals surface area contributed by atoms with Crippen molar-refractivity contribution >= 4 is 5.97 Å². The van der Waals surface area contributed by atoms with E-state index in [1.807, 2.05) is 26.0 Å². The van der Waals surface area contributed by atoms with Gasteiger partial charge in [0.25, 0.3) is 0 Å². The van der Waals surface area contributed by atoms with Gasteiger partial charge in [0.2, 0.25) is 0 Å². The summed E-state index contributed by atoms with van der Waals surface area (Å²) in [6.45, 7) is 4.41. The van der Waals surface area contributed by atoms with Gasteiger partial charge >= 0.3 is 5.97 Å². The molecule has 0 bridgehead atoms. The Labute approximate surface area is 130 Å². The molecule has 0 spiro atoms. The number of ether oxygens (including phenoxy) is 2. The third kappa shape index (κ3) is 4.95. The molecule has 0 aromatic heterocycles. The smallest absolute Gasteiger partial charge is 0.337 e. The molecule has 0 radical (unpaired) electrons. The largest absolute Gasteiger partial charge is 0.489 e. The minimum atomic E-state index is -0.372. The molecular formula is C18H19NO3. The maximum atomic E-state index is 11.3. The highest BCUT2D eigenvalue weighted by Crippen LogP contribution is 2.15. The van der Waals surface area contributed by atoms with Gasteiger partial charge < -0.3 is 9.47 Å². The Morgan fingerprint density at radius 2 is 1.64 bits per heavy atom. The molecule has 0 saturated carbocycles. The summed E-state index contributed by atoms with van der Waals surface area (Å²) in [5.41, 5.74) is 2.08. The average Bonchev–Trinajstić information content (AvgIpc) is 2.62. The van der Waals surface area contributed by atoms with Gasteiger partial charge in [-0.05, 0) is 42.0 Å². The van der Waals surface area contributed by atoms with Crippen LogP contribution in [0.4, 0.5) is 0 Å². The molecule has 22 heavy (non-hydrogen) atoms. The fourth-order valence-corrected chi connectivity index (χ4v) is 1.65. The molecule has 0 N–H and O–H groups in total. The molecule has 0 aliphatic carbocycles. The van der Waals surface area contributed by atoms with Gasteiger partial charge in [-0.3, -0.25) is 0 Å². The molecule has 4 heteroatoms. The summed E-state index contributed by atoms with van der Waals surface area (Å²) >= 11 is 0. The molecule has 0 aliphatic heterocycles. The molecule has 2 aromatic rings. The molecule has 0 aliphatic rings. The van der Waals surface area contributed by atoms with E-state index in [0.29, 0.717) is 23.5 Å². The van der Waals surface area contributed by atoms with Crippen LogP contribution in [0.2, 0.25) is 0 Å². The molecule has 2 rings (SSSR count). The molecule has 0 atom stereocenters. The predicted octanol–water partition coefficient (Wildman–Crippen LogP) is 3.95. The summed E-state index contributed by atoms with van der Waals surface area (Å²) in [6.07, 6.45) is 0. The number of esters is 1. The first-order valence-corrected chi connectivity index (χ1v) is 7.03. The van der Waals surface area contributed by atoms with Crippen LogP contribution in [-0.2, 0) is 11.3 Å². The molecule has 2 aromatic carbocycles. The number of hydrogen-bond donors (Lipinski definition) is 0. The lowest BCUT2D eigenvalue weighted by Gasteiger charge is -2.07.